The highest BCUT2D eigenvalue weighted by atomic mass is 35.5. The van der Waals surface area contributed by atoms with E-state index in [1.807, 2.05) is 0 Å². The van der Waals surface area contributed by atoms with Gasteiger partial charge in [-0.15, -0.1) is 0 Å². The summed E-state index contributed by atoms with van der Waals surface area (Å²) in [6.45, 7) is -0.300. The van der Waals surface area contributed by atoms with Crippen molar-refractivity contribution in [3.63, 3.8) is 0 Å². The van der Waals surface area contributed by atoms with Gasteiger partial charge in [0, 0.05) is 10.0 Å². The van der Waals surface area contributed by atoms with Gasteiger partial charge in [0.05, 0.1) is 20.8 Å². The monoisotopic (exact) mass is 456 g/mol. The predicted molar refractivity (Wildman–Crippen MR) is 108 cm³/mol. The number of rotatable bonds is 4. The number of carbonyl (C=O) groups is 1. The van der Waals surface area contributed by atoms with Gasteiger partial charge in [-0.25, -0.2) is 0 Å². The quantitative estimate of drug-likeness (QED) is 0.565. The standard InChI is InChI=1S/C15H9Cl5N2O2S/c16-7-1-2-12(9(18)3-7)24-6-13(23)21-15(25)22-14-10(19)4-8(17)5-11(14)20/h1-5H,6H2,(H2,21,22,23,25). The van der Waals surface area contributed by atoms with Crippen molar-refractivity contribution < 1.29 is 9.53 Å². The molecule has 0 aliphatic rings. The van der Waals surface area contributed by atoms with Gasteiger partial charge in [0.2, 0.25) is 0 Å². The molecule has 0 aliphatic carbocycles. The van der Waals surface area contributed by atoms with Crippen LogP contribution in [0.4, 0.5) is 5.69 Å². The van der Waals surface area contributed by atoms with Crippen molar-refractivity contribution in [1.82, 2.24) is 5.32 Å². The molecule has 0 saturated carbocycles. The summed E-state index contributed by atoms with van der Waals surface area (Å²) in [5, 5.41) is 6.83. The molecule has 0 fully saturated rings. The van der Waals surface area contributed by atoms with Crippen LogP contribution in [0.15, 0.2) is 30.3 Å². The van der Waals surface area contributed by atoms with Crippen LogP contribution in [0.1, 0.15) is 0 Å². The third-order valence-electron chi connectivity index (χ3n) is 2.75. The van der Waals surface area contributed by atoms with Crippen LogP contribution < -0.4 is 15.4 Å². The van der Waals surface area contributed by atoms with E-state index in [1.165, 1.54) is 18.2 Å². The van der Waals surface area contributed by atoms with Crippen molar-refractivity contribution >= 4 is 86.9 Å². The number of hydrogen-bond acceptors (Lipinski definition) is 3. The van der Waals surface area contributed by atoms with Crippen molar-refractivity contribution in [2.75, 3.05) is 11.9 Å². The van der Waals surface area contributed by atoms with E-state index in [0.717, 1.165) is 0 Å². The van der Waals surface area contributed by atoms with Crippen LogP contribution >= 0.6 is 70.2 Å². The largest absolute Gasteiger partial charge is 0.482 e. The maximum absolute atomic E-state index is 11.9. The Morgan fingerprint density at radius 3 is 2.16 bits per heavy atom. The second-order valence-corrected chi connectivity index (χ2v) is 7.11. The lowest BCUT2D eigenvalue weighted by atomic mass is 10.3. The Kier molecular flexibility index (Phi) is 7.43. The maximum Gasteiger partial charge on any atom is 0.264 e. The highest BCUT2D eigenvalue weighted by Crippen LogP contribution is 2.33. The van der Waals surface area contributed by atoms with Gasteiger partial charge < -0.3 is 10.1 Å². The number of ether oxygens (including phenoxy) is 1. The second kappa shape index (κ2) is 9.12. The number of carbonyl (C=O) groups excluding carboxylic acids is 1. The number of halogens is 5. The first kappa shape index (κ1) is 20.4. The zero-order valence-corrected chi connectivity index (χ0v) is 16.8. The van der Waals surface area contributed by atoms with Crippen molar-refractivity contribution in [3.05, 3.63) is 55.4 Å². The average molecular weight is 459 g/mol. The summed E-state index contributed by atoms with van der Waals surface area (Å²) < 4.78 is 5.31. The number of benzene rings is 2. The summed E-state index contributed by atoms with van der Waals surface area (Å²) in [5.74, 6) is -0.173. The van der Waals surface area contributed by atoms with E-state index in [9.17, 15) is 4.79 Å². The number of thiocarbonyl (C=S) groups is 1. The molecule has 0 heterocycles. The minimum Gasteiger partial charge on any atom is -0.482 e. The zero-order chi connectivity index (χ0) is 18.6. The number of amides is 1. The van der Waals surface area contributed by atoms with Crippen LogP contribution in [-0.2, 0) is 4.79 Å². The van der Waals surface area contributed by atoms with Crippen molar-refractivity contribution in [2.24, 2.45) is 0 Å². The predicted octanol–water partition coefficient (Wildman–Crippen LogP) is 5.85. The molecule has 2 rings (SSSR count). The lowest BCUT2D eigenvalue weighted by Gasteiger charge is -2.13. The van der Waals surface area contributed by atoms with Gasteiger partial charge in [0.25, 0.3) is 5.91 Å². The van der Waals surface area contributed by atoms with E-state index < -0.39 is 5.91 Å². The smallest absolute Gasteiger partial charge is 0.264 e. The molecule has 0 radical (unpaired) electrons. The van der Waals surface area contributed by atoms with E-state index >= 15 is 0 Å². The summed E-state index contributed by atoms with van der Waals surface area (Å²) in [6, 6.07) is 7.65. The van der Waals surface area contributed by atoms with Gasteiger partial charge in [0.1, 0.15) is 5.75 Å². The molecule has 0 aromatic heterocycles. The second-order valence-electron chi connectivity index (χ2n) is 4.61. The third-order valence-corrected chi connectivity index (χ3v) is 4.30. The summed E-state index contributed by atoms with van der Waals surface area (Å²) in [5.41, 5.74) is 0.333. The Morgan fingerprint density at radius 2 is 1.56 bits per heavy atom. The Balaban J connectivity index is 1.91. The highest BCUT2D eigenvalue weighted by Gasteiger charge is 2.12. The van der Waals surface area contributed by atoms with E-state index in [-0.39, 0.29) is 21.8 Å². The Hall–Kier alpha value is -0.950. The van der Waals surface area contributed by atoms with Gasteiger partial charge in [-0.1, -0.05) is 58.0 Å². The van der Waals surface area contributed by atoms with Crippen LogP contribution in [-0.4, -0.2) is 17.6 Å². The molecule has 0 bridgehead atoms. The highest BCUT2D eigenvalue weighted by molar-refractivity contribution is 7.80. The topological polar surface area (TPSA) is 50.4 Å². The molecule has 2 N–H and O–H groups in total. The minimum absolute atomic E-state index is 0.00178. The molecular weight excluding hydrogens is 450 g/mol. The third kappa shape index (κ3) is 6.06. The fraction of sp³-hybridized carbons (Fsp3) is 0.0667. The fourth-order valence-corrected chi connectivity index (χ4v) is 3.30. The molecular formula is C15H9Cl5N2O2S. The average Bonchev–Trinajstić information content (AvgIpc) is 2.50. The summed E-state index contributed by atoms with van der Waals surface area (Å²) in [7, 11) is 0. The SMILES string of the molecule is O=C(COc1ccc(Cl)cc1Cl)NC(=S)Nc1c(Cl)cc(Cl)cc1Cl. The van der Waals surface area contributed by atoms with Crippen LogP contribution in [0.2, 0.25) is 25.1 Å². The van der Waals surface area contributed by atoms with E-state index in [4.69, 9.17) is 75.0 Å². The Labute approximate surface area is 174 Å². The first-order chi connectivity index (χ1) is 11.8. The molecule has 0 atom stereocenters. The van der Waals surface area contributed by atoms with Gasteiger partial charge in [-0.05, 0) is 42.5 Å². The van der Waals surface area contributed by atoms with Crippen molar-refractivity contribution in [1.29, 1.82) is 0 Å². The molecule has 0 spiro atoms. The van der Waals surface area contributed by atoms with Crippen LogP contribution in [0.25, 0.3) is 0 Å². The molecule has 0 saturated heterocycles. The molecule has 1 amide bonds. The molecule has 132 valence electrons. The maximum atomic E-state index is 11.9. The van der Waals surface area contributed by atoms with Crippen LogP contribution in [0, 0.1) is 0 Å². The van der Waals surface area contributed by atoms with Crippen LogP contribution in [0.3, 0.4) is 0 Å². The number of hydrogen-bond donors (Lipinski definition) is 2. The van der Waals surface area contributed by atoms with Crippen LogP contribution in [0.5, 0.6) is 5.75 Å². The van der Waals surface area contributed by atoms with Gasteiger partial charge in [-0.3, -0.25) is 10.1 Å². The summed E-state index contributed by atoms with van der Waals surface area (Å²) in [6.07, 6.45) is 0. The van der Waals surface area contributed by atoms with E-state index in [1.54, 1.807) is 12.1 Å². The van der Waals surface area contributed by atoms with E-state index in [2.05, 4.69) is 10.6 Å². The summed E-state index contributed by atoms with van der Waals surface area (Å²) >= 11 is 34.7. The van der Waals surface area contributed by atoms with Gasteiger partial charge in [0.15, 0.2) is 11.7 Å². The molecule has 2 aromatic rings. The van der Waals surface area contributed by atoms with Gasteiger partial charge in [-0.2, -0.15) is 0 Å². The fourth-order valence-electron chi connectivity index (χ4n) is 1.70. The normalized spacial score (nSPS) is 10.3. The van der Waals surface area contributed by atoms with Crippen molar-refractivity contribution in [3.8, 4) is 5.75 Å². The van der Waals surface area contributed by atoms with E-state index in [0.29, 0.717) is 26.5 Å². The first-order valence-corrected chi connectivity index (χ1v) is 8.89. The number of anilines is 1. The lowest BCUT2D eigenvalue weighted by Crippen LogP contribution is -2.37. The first-order valence-electron chi connectivity index (χ1n) is 6.59. The molecule has 0 unspecified atom stereocenters. The molecule has 2 aromatic carbocycles. The molecule has 0 aliphatic heterocycles. The zero-order valence-electron chi connectivity index (χ0n) is 12.2. The summed E-state index contributed by atoms with van der Waals surface area (Å²) in [4.78, 5) is 11.9. The molecule has 25 heavy (non-hydrogen) atoms. The lowest BCUT2D eigenvalue weighted by molar-refractivity contribution is -0.121. The van der Waals surface area contributed by atoms with Gasteiger partial charge >= 0.3 is 0 Å². The van der Waals surface area contributed by atoms with Crippen molar-refractivity contribution in [2.45, 2.75) is 0 Å². The Bertz CT molecular complexity index is 809. The molecule has 4 nitrogen and oxygen atoms in total. The number of nitrogens with one attached hydrogen (secondary N) is 2. The minimum atomic E-state index is -0.496. The molecule has 10 heteroatoms. The Morgan fingerprint density at radius 1 is 0.960 bits per heavy atom.